The summed E-state index contributed by atoms with van der Waals surface area (Å²) < 4.78 is 0. The molecular formula is C12H15NO2. The number of aliphatic carboxylic acids is 1. The van der Waals surface area contributed by atoms with E-state index in [2.05, 4.69) is 36.5 Å². The second-order valence-corrected chi connectivity index (χ2v) is 4.15. The fraction of sp³-hybridized carbons (Fsp3) is 0.417. The lowest BCUT2D eigenvalue weighted by atomic mass is 10.1. The lowest BCUT2D eigenvalue weighted by Crippen LogP contribution is -2.19. The van der Waals surface area contributed by atoms with E-state index in [0.717, 1.165) is 13.0 Å². The molecule has 2 atom stereocenters. The van der Waals surface area contributed by atoms with Gasteiger partial charge in [-0.3, -0.25) is 4.79 Å². The highest BCUT2D eigenvalue weighted by Gasteiger charge is 2.42. The van der Waals surface area contributed by atoms with Gasteiger partial charge in [-0.2, -0.15) is 0 Å². The zero-order valence-electron chi connectivity index (χ0n) is 8.73. The van der Waals surface area contributed by atoms with Crippen LogP contribution in [0.5, 0.6) is 0 Å². The third-order valence-electron chi connectivity index (χ3n) is 2.80. The predicted molar refractivity (Wildman–Crippen MR) is 57.5 cm³/mol. The lowest BCUT2D eigenvalue weighted by Gasteiger charge is -2.03. The first-order valence-electron chi connectivity index (χ1n) is 5.18. The van der Waals surface area contributed by atoms with Gasteiger partial charge in [-0.25, -0.2) is 0 Å². The summed E-state index contributed by atoms with van der Waals surface area (Å²) in [7, 11) is 0. The van der Waals surface area contributed by atoms with Gasteiger partial charge >= 0.3 is 5.97 Å². The normalized spacial score (nSPS) is 23.8. The maximum absolute atomic E-state index is 10.6. The smallest absolute Gasteiger partial charge is 0.308 e. The molecule has 2 unspecified atom stereocenters. The summed E-state index contributed by atoms with van der Waals surface area (Å²) in [5.41, 5.74) is 2.45. The Bertz CT molecular complexity index is 358. The van der Waals surface area contributed by atoms with Gasteiger partial charge in [0.25, 0.3) is 0 Å². The van der Waals surface area contributed by atoms with E-state index in [1.54, 1.807) is 0 Å². The molecule has 1 aromatic rings. The van der Waals surface area contributed by atoms with Crippen LogP contribution in [-0.2, 0) is 11.3 Å². The summed E-state index contributed by atoms with van der Waals surface area (Å²) in [6, 6.07) is 8.45. The van der Waals surface area contributed by atoms with Crippen molar-refractivity contribution < 1.29 is 9.90 Å². The van der Waals surface area contributed by atoms with Gasteiger partial charge in [0.1, 0.15) is 0 Å². The van der Waals surface area contributed by atoms with Crippen LogP contribution in [-0.4, -0.2) is 17.1 Å². The van der Waals surface area contributed by atoms with Gasteiger partial charge in [0, 0.05) is 12.6 Å². The average molecular weight is 205 g/mol. The third kappa shape index (κ3) is 2.57. The highest BCUT2D eigenvalue weighted by atomic mass is 16.4. The van der Waals surface area contributed by atoms with Crippen LogP contribution < -0.4 is 5.32 Å². The van der Waals surface area contributed by atoms with Crippen molar-refractivity contribution in [1.29, 1.82) is 0 Å². The van der Waals surface area contributed by atoms with E-state index in [1.807, 2.05) is 0 Å². The maximum Gasteiger partial charge on any atom is 0.308 e. The zero-order chi connectivity index (χ0) is 10.8. The Balaban J connectivity index is 1.80. The Hall–Kier alpha value is -1.35. The van der Waals surface area contributed by atoms with E-state index in [1.165, 1.54) is 11.1 Å². The van der Waals surface area contributed by atoms with E-state index in [-0.39, 0.29) is 12.0 Å². The van der Waals surface area contributed by atoms with Gasteiger partial charge in [0.2, 0.25) is 0 Å². The molecule has 1 aromatic carbocycles. The number of nitrogens with one attached hydrogen (secondary N) is 1. The highest BCUT2D eigenvalue weighted by molar-refractivity contribution is 5.74. The average Bonchev–Trinajstić information content (AvgIpc) is 2.96. The van der Waals surface area contributed by atoms with Gasteiger partial charge in [-0.05, 0) is 18.9 Å². The second kappa shape index (κ2) is 4.03. The van der Waals surface area contributed by atoms with Crippen LogP contribution in [0.1, 0.15) is 17.5 Å². The molecule has 80 valence electrons. The van der Waals surface area contributed by atoms with E-state index in [4.69, 9.17) is 5.11 Å². The number of aryl methyl sites for hydroxylation is 1. The minimum absolute atomic E-state index is 0.170. The molecule has 2 N–H and O–H groups in total. The Kier molecular flexibility index (Phi) is 2.73. The fourth-order valence-electron chi connectivity index (χ4n) is 1.65. The van der Waals surface area contributed by atoms with Crippen LogP contribution in [0, 0.1) is 12.8 Å². The van der Waals surface area contributed by atoms with Gasteiger partial charge in [-0.15, -0.1) is 0 Å². The van der Waals surface area contributed by atoms with Gasteiger partial charge in [0.15, 0.2) is 0 Å². The van der Waals surface area contributed by atoms with Crippen molar-refractivity contribution in [3.05, 3.63) is 35.4 Å². The van der Waals surface area contributed by atoms with Gasteiger partial charge in [0.05, 0.1) is 5.92 Å². The van der Waals surface area contributed by atoms with E-state index in [0.29, 0.717) is 0 Å². The molecular weight excluding hydrogens is 190 g/mol. The maximum atomic E-state index is 10.6. The number of carboxylic acids is 1. The Morgan fingerprint density at radius 2 is 2.13 bits per heavy atom. The fourth-order valence-corrected chi connectivity index (χ4v) is 1.65. The van der Waals surface area contributed by atoms with Crippen LogP contribution in [0.2, 0.25) is 0 Å². The summed E-state index contributed by atoms with van der Waals surface area (Å²) in [5.74, 6) is -0.855. The molecule has 0 radical (unpaired) electrons. The number of hydrogen-bond donors (Lipinski definition) is 2. The summed E-state index contributed by atoms with van der Waals surface area (Å²) in [6.45, 7) is 2.81. The number of carboxylic acid groups (broad SMARTS) is 1. The molecule has 1 aliphatic carbocycles. The van der Waals surface area contributed by atoms with Crippen molar-refractivity contribution in [1.82, 2.24) is 5.32 Å². The molecule has 0 amide bonds. The Morgan fingerprint density at radius 1 is 1.47 bits per heavy atom. The standard InChI is InChI=1S/C12H15NO2/c1-8-2-4-9(5-3-8)7-13-11-6-10(11)12(14)15/h2-5,10-11,13H,6-7H2,1H3,(H,14,15). The number of benzene rings is 1. The van der Waals surface area contributed by atoms with Crippen molar-refractivity contribution in [2.45, 2.75) is 25.9 Å². The molecule has 0 aromatic heterocycles. The first-order chi connectivity index (χ1) is 7.16. The molecule has 0 saturated heterocycles. The summed E-state index contributed by atoms with van der Waals surface area (Å²) in [4.78, 5) is 10.6. The van der Waals surface area contributed by atoms with Crippen molar-refractivity contribution in [3.8, 4) is 0 Å². The van der Waals surface area contributed by atoms with E-state index < -0.39 is 5.97 Å². The number of rotatable bonds is 4. The number of carbonyl (C=O) groups is 1. The van der Waals surface area contributed by atoms with Crippen molar-refractivity contribution in [3.63, 3.8) is 0 Å². The van der Waals surface area contributed by atoms with Crippen LogP contribution in [0.4, 0.5) is 0 Å². The summed E-state index contributed by atoms with van der Waals surface area (Å²) >= 11 is 0. The first-order valence-corrected chi connectivity index (χ1v) is 5.18. The topological polar surface area (TPSA) is 49.3 Å². The molecule has 0 spiro atoms. The highest BCUT2D eigenvalue weighted by Crippen LogP contribution is 2.30. The molecule has 1 fully saturated rings. The van der Waals surface area contributed by atoms with E-state index in [9.17, 15) is 4.79 Å². The molecule has 0 heterocycles. The molecule has 3 nitrogen and oxygen atoms in total. The lowest BCUT2D eigenvalue weighted by molar-refractivity contribution is -0.138. The predicted octanol–water partition coefficient (Wildman–Crippen LogP) is 1.56. The van der Waals surface area contributed by atoms with Gasteiger partial charge in [-0.1, -0.05) is 29.8 Å². The first kappa shape index (κ1) is 10.2. The van der Waals surface area contributed by atoms with Crippen molar-refractivity contribution in [2.24, 2.45) is 5.92 Å². The quantitative estimate of drug-likeness (QED) is 0.784. The van der Waals surface area contributed by atoms with E-state index >= 15 is 0 Å². The minimum Gasteiger partial charge on any atom is -0.481 e. The number of hydrogen-bond acceptors (Lipinski definition) is 2. The Morgan fingerprint density at radius 3 is 2.67 bits per heavy atom. The second-order valence-electron chi connectivity index (χ2n) is 4.15. The molecule has 1 saturated carbocycles. The molecule has 15 heavy (non-hydrogen) atoms. The monoisotopic (exact) mass is 205 g/mol. The SMILES string of the molecule is Cc1ccc(CNC2CC2C(=O)O)cc1. The van der Waals surface area contributed by atoms with Crippen LogP contribution in [0.15, 0.2) is 24.3 Å². The van der Waals surface area contributed by atoms with Crippen molar-refractivity contribution >= 4 is 5.97 Å². The zero-order valence-corrected chi connectivity index (χ0v) is 8.73. The molecule has 0 aliphatic heterocycles. The Labute approximate surface area is 89.1 Å². The summed E-state index contributed by atoms with van der Waals surface area (Å²) in [5, 5.41) is 12.0. The van der Waals surface area contributed by atoms with Crippen LogP contribution in [0.25, 0.3) is 0 Å². The van der Waals surface area contributed by atoms with Crippen molar-refractivity contribution in [2.75, 3.05) is 0 Å². The largest absolute Gasteiger partial charge is 0.481 e. The molecule has 0 bridgehead atoms. The van der Waals surface area contributed by atoms with Gasteiger partial charge < -0.3 is 10.4 Å². The summed E-state index contributed by atoms with van der Waals surface area (Å²) in [6.07, 6.45) is 0.765. The van der Waals surface area contributed by atoms with Crippen LogP contribution in [0.3, 0.4) is 0 Å². The molecule has 1 aliphatic rings. The molecule has 3 heteroatoms. The third-order valence-corrected chi connectivity index (χ3v) is 2.80. The minimum atomic E-state index is -0.684. The molecule has 2 rings (SSSR count). The van der Waals surface area contributed by atoms with Crippen LogP contribution >= 0.6 is 0 Å².